The van der Waals surface area contributed by atoms with Crippen LogP contribution in [0, 0.1) is 5.92 Å². The summed E-state index contributed by atoms with van der Waals surface area (Å²) in [5.74, 6) is -0.481. The van der Waals surface area contributed by atoms with Crippen LogP contribution in [0.25, 0.3) is 0 Å². The summed E-state index contributed by atoms with van der Waals surface area (Å²) in [4.78, 5) is 24.6. The monoisotopic (exact) mass is 294 g/mol. The first-order valence-electron chi connectivity index (χ1n) is 7.27. The van der Waals surface area contributed by atoms with Crippen LogP contribution < -0.4 is 5.32 Å². The molecule has 1 aromatic rings. The molecule has 1 fully saturated rings. The Morgan fingerprint density at radius 2 is 2.33 bits per heavy atom. The molecule has 2 amide bonds. The Hall–Kier alpha value is -2.05. The van der Waals surface area contributed by atoms with Crippen molar-refractivity contribution in [3.63, 3.8) is 0 Å². The summed E-state index contributed by atoms with van der Waals surface area (Å²) < 4.78 is 1.73. The molecule has 0 radical (unpaired) electrons. The highest BCUT2D eigenvalue weighted by atomic mass is 16.4. The number of likely N-dealkylation sites (tertiary alicyclic amines) is 1. The SMILES string of the molecule is Cn1nccc1CNC(=O)N1CCCC(CCC(=O)O)C1. The number of aromatic nitrogens is 2. The molecule has 0 aromatic carbocycles. The Kier molecular flexibility index (Phi) is 5.19. The van der Waals surface area contributed by atoms with Crippen LogP contribution in [0.3, 0.4) is 0 Å². The van der Waals surface area contributed by atoms with Gasteiger partial charge in [0.05, 0.1) is 12.2 Å². The molecule has 1 saturated heterocycles. The van der Waals surface area contributed by atoms with Crippen LogP contribution >= 0.6 is 0 Å². The highest BCUT2D eigenvalue weighted by Gasteiger charge is 2.23. The van der Waals surface area contributed by atoms with Gasteiger partial charge in [-0.3, -0.25) is 9.48 Å². The van der Waals surface area contributed by atoms with Crippen molar-refractivity contribution in [1.29, 1.82) is 0 Å². The number of nitrogens with zero attached hydrogens (tertiary/aromatic N) is 3. The van der Waals surface area contributed by atoms with Gasteiger partial charge in [-0.15, -0.1) is 0 Å². The molecule has 2 heterocycles. The number of hydrogen-bond donors (Lipinski definition) is 2. The van der Waals surface area contributed by atoms with Crippen molar-refractivity contribution in [2.45, 2.75) is 32.2 Å². The van der Waals surface area contributed by atoms with E-state index in [-0.39, 0.29) is 18.4 Å². The maximum atomic E-state index is 12.2. The van der Waals surface area contributed by atoms with Gasteiger partial charge in [0.1, 0.15) is 0 Å². The molecule has 0 bridgehead atoms. The minimum Gasteiger partial charge on any atom is -0.481 e. The number of carboxylic acid groups (broad SMARTS) is 1. The number of hydrogen-bond acceptors (Lipinski definition) is 3. The fourth-order valence-corrected chi connectivity index (χ4v) is 2.67. The standard InChI is InChI=1S/C14H22N4O3/c1-17-12(6-7-16-17)9-15-14(21)18-8-2-3-11(10-18)4-5-13(19)20/h6-7,11H,2-5,8-10H2,1H3,(H,15,21)(H,19,20). The van der Waals surface area contributed by atoms with Gasteiger partial charge in [0.15, 0.2) is 0 Å². The van der Waals surface area contributed by atoms with E-state index in [0.717, 1.165) is 25.1 Å². The van der Waals surface area contributed by atoms with Gasteiger partial charge in [-0.05, 0) is 31.2 Å². The van der Waals surface area contributed by atoms with E-state index in [1.54, 1.807) is 15.8 Å². The normalized spacial score (nSPS) is 18.5. The van der Waals surface area contributed by atoms with Gasteiger partial charge < -0.3 is 15.3 Å². The number of carbonyl (C=O) groups excluding carboxylic acids is 1. The zero-order chi connectivity index (χ0) is 15.2. The second-order valence-electron chi connectivity index (χ2n) is 5.49. The molecule has 116 valence electrons. The van der Waals surface area contributed by atoms with Gasteiger partial charge in [0.2, 0.25) is 0 Å². The number of amides is 2. The van der Waals surface area contributed by atoms with Crippen LogP contribution in [0.15, 0.2) is 12.3 Å². The minimum absolute atomic E-state index is 0.0868. The highest BCUT2D eigenvalue weighted by Crippen LogP contribution is 2.21. The Morgan fingerprint density at radius 3 is 3.00 bits per heavy atom. The fraction of sp³-hybridized carbons (Fsp3) is 0.643. The Labute approximate surface area is 123 Å². The number of rotatable bonds is 5. The molecule has 0 aliphatic carbocycles. The third-order valence-corrected chi connectivity index (χ3v) is 3.92. The molecule has 2 rings (SSSR count). The minimum atomic E-state index is -0.771. The lowest BCUT2D eigenvalue weighted by Crippen LogP contribution is -2.45. The van der Waals surface area contributed by atoms with Crippen LogP contribution in [0.4, 0.5) is 4.79 Å². The van der Waals surface area contributed by atoms with Crippen LogP contribution in [0.5, 0.6) is 0 Å². The van der Waals surface area contributed by atoms with E-state index in [9.17, 15) is 9.59 Å². The van der Waals surface area contributed by atoms with E-state index in [2.05, 4.69) is 10.4 Å². The van der Waals surface area contributed by atoms with Crippen molar-refractivity contribution < 1.29 is 14.7 Å². The average Bonchev–Trinajstić information content (AvgIpc) is 2.88. The van der Waals surface area contributed by atoms with E-state index >= 15 is 0 Å². The van der Waals surface area contributed by atoms with Crippen molar-refractivity contribution in [1.82, 2.24) is 20.0 Å². The molecular weight excluding hydrogens is 272 g/mol. The number of aryl methyl sites for hydroxylation is 1. The van der Waals surface area contributed by atoms with Crippen LogP contribution in [0.1, 0.15) is 31.4 Å². The summed E-state index contributed by atoms with van der Waals surface area (Å²) in [6.07, 6.45) is 4.45. The van der Waals surface area contributed by atoms with E-state index in [0.29, 0.717) is 19.5 Å². The Bertz CT molecular complexity index is 500. The summed E-state index contributed by atoms with van der Waals surface area (Å²) in [6, 6.07) is 1.78. The quantitative estimate of drug-likeness (QED) is 0.854. The third kappa shape index (κ3) is 4.47. The number of piperidine rings is 1. The Balaban J connectivity index is 1.79. The molecule has 2 N–H and O–H groups in total. The summed E-state index contributed by atoms with van der Waals surface area (Å²) in [5.41, 5.74) is 0.947. The van der Waals surface area contributed by atoms with E-state index in [4.69, 9.17) is 5.11 Å². The zero-order valence-electron chi connectivity index (χ0n) is 12.3. The number of carbonyl (C=O) groups is 2. The average molecular weight is 294 g/mol. The van der Waals surface area contributed by atoms with Gasteiger partial charge in [-0.2, -0.15) is 5.10 Å². The maximum Gasteiger partial charge on any atom is 0.317 e. The molecular formula is C14H22N4O3. The number of carboxylic acids is 1. The molecule has 1 unspecified atom stereocenters. The van der Waals surface area contributed by atoms with Gasteiger partial charge in [0.25, 0.3) is 0 Å². The highest BCUT2D eigenvalue weighted by molar-refractivity contribution is 5.74. The lowest BCUT2D eigenvalue weighted by atomic mass is 9.93. The third-order valence-electron chi connectivity index (χ3n) is 3.92. The van der Waals surface area contributed by atoms with Crippen molar-refractivity contribution >= 4 is 12.0 Å². The smallest absolute Gasteiger partial charge is 0.317 e. The molecule has 0 saturated carbocycles. The van der Waals surface area contributed by atoms with Gasteiger partial charge >= 0.3 is 12.0 Å². The molecule has 21 heavy (non-hydrogen) atoms. The Morgan fingerprint density at radius 1 is 1.52 bits per heavy atom. The summed E-state index contributed by atoms with van der Waals surface area (Å²) in [5, 5.41) is 15.7. The molecule has 7 nitrogen and oxygen atoms in total. The largest absolute Gasteiger partial charge is 0.481 e. The van der Waals surface area contributed by atoms with Crippen LogP contribution in [0.2, 0.25) is 0 Å². The number of urea groups is 1. The zero-order valence-corrected chi connectivity index (χ0v) is 12.3. The lowest BCUT2D eigenvalue weighted by Gasteiger charge is -2.32. The first kappa shape index (κ1) is 15.3. The van der Waals surface area contributed by atoms with Gasteiger partial charge in [0, 0.05) is 32.8 Å². The second-order valence-corrected chi connectivity index (χ2v) is 5.49. The van der Waals surface area contributed by atoms with E-state index in [1.165, 1.54) is 0 Å². The molecule has 0 spiro atoms. The molecule has 1 atom stereocenters. The number of aliphatic carboxylic acids is 1. The fourth-order valence-electron chi connectivity index (χ4n) is 2.67. The van der Waals surface area contributed by atoms with Crippen molar-refractivity contribution in [3.05, 3.63) is 18.0 Å². The van der Waals surface area contributed by atoms with Crippen molar-refractivity contribution in [2.75, 3.05) is 13.1 Å². The molecule has 1 aromatic heterocycles. The predicted molar refractivity (Wildman–Crippen MR) is 76.6 cm³/mol. The second kappa shape index (κ2) is 7.10. The van der Waals surface area contributed by atoms with Gasteiger partial charge in [-0.1, -0.05) is 0 Å². The summed E-state index contributed by atoms with van der Waals surface area (Å²) >= 11 is 0. The first-order valence-corrected chi connectivity index (χ1v) is 7.27. The van der Waals surface area contributed by atoms with E-state index in [1.807, 2.05) is 13.1 Å². The predicted octanol–water partition coefficient (Wildman–Crippen LogP) is 1.21. The topological polar surface area (TPSA) is 87.5 Å². The first-order chi connectivity index (χ1) is 10.1. The lowest BCUT2D eigenvalue weighted by molar-refractivity contribution is -0.137. The van der Waals surface area contributed by atoms with Crippen molar-refractivity contribution in [3.8, 4) is 0 Å². The molecule has 1 aliphatic rings. The maximum absolute atomic E-state index is 12.2. The van der Waals surface area contributed by atoms with Crippen LogP contribution in [-0.4, -0.2) is 44.9 Å². The summed E-state index contributed by atoms with van der Waals surface area (Å²) in [6.45, 7) is 1.83. The molecule has 7 heteroatoms. The van der Waals surface area contributed by atoms with Crippen molar-refractivity contribution in [2.24, 2.45) is 13.0 Å². The van der Waals surface area contributed by atoms with Gasteiger partial charge in [-0.25, -0.2) is 4.79 Å². The molecule has 1 aliphatic heterocycles. The number of nitrogens with one attached hydrogen (secondary N) is 1. The van der Waals surface area contributed by atoms with Crippen LogP contribution in [-0.2, 0) is 18.4 Å². The van der Waals surface area contributed by atoms with E-state index < -0.39 is 5.97 Å². The summed E-state index contributed by atoms with van der Waals surface area (Å²) in [7, 11) is 1.84.